The Hall–Kier alpha value is -1.36. The van der Waals surface area contributed by atoms with Gasteiger partial charge in [0.05, 0.1) is 6.20 Å². The van der Waals surface area contributed by atoms with Gasteiger partial charge in [-0.1, -0.05) is 0 Å². The van der Waals surface area contributed by atoms with Crippen LogP contribution in [0.5, 0.6) is 5.75 Å². The van der Waals surface area contributed by atoms with Gasteiger partial charge in [-0.15, -0.1) is 0 Å². The smallest absolute Gasteiger partial charge is 0.345 e. The second-order valence-corrected chi connectivity index (χ2v) is 2.99. The van der Waals surface area contributed by atoms with Gasteiger partial charge in [0.1, 0.15) is 6.10 Å². The van der Waals surface area contributed by atoms with Crippen molar-refractivity contribution in [2.75, 3.05) is 13.1 Å². The molecular formula is C8H11N3O2. The molecule has 13 heavy (non-hydrogen) atoms. The minimum Gasteiger partial charge on any atom is -0.486 e. The Morgan fingerprint density at radius 3 is 3.15 bits per heavy atom. The zero-order valence-electron chi connectivity index (χ0n) is 7.12. The number of H-pyrrole nitrogens is 1. The molecule has 1 atom stereocenters. The number of nitrogens with one attached hydrogen (secondary N) is 2. The van der Waals surface area contributed by atoms with Crippen LogP contribution in [0.2, 0.25) is 0 Å². The molecule has 0 radical (unpaired) electrons. The van der Waals surface area contributed by atoms with Crippen LogP contribution in [-0.4, -0.2) is 29.2 Å². The number of hydrogen-bond acceptors (Lipinski definition) is 4. The van der Waals surface area contributed by atoms with E-state index in [4.69, 9.17) is 4.74 Å². The molecule has 0 aromatic carbocycles. The second-order valence-electron chi connectivity index (χ2n) is 2.99. The van der Waals surface area contributed by atoms with Crippen molar-refractivity contribution < 1.29 is 4.74 Å². The standard InChI is InChI=1S/C8H11N3O2/c12-8-10-4-7(5-11-8)13-6-1-2-9-3-6/h4-6,9H,1-3H2,(H,10,11,12). The first-order valence-corrected chi connectivity index (χ1v) is 4.27. The number of ether oxygens (including phenoxy) is 1. The Balaban J connectivity index is 2.00. The van der Waals surface area contributed by atoms with Crippen LogP contribution in [-0.2, 0) is 0 Å². The SMILES string of the molecule is O=c1ncc(OC2CCNC2)c[nH]1. The van der Waals surface area contributed by atoms with Gasteiger partial charge in [-0.3, -0.25) is 0 Å². The largest absolute Gasteiger partial charge is 0.486 e. The van der Waals surface area contributed by atoms with Crippen molar-refractivity contribution in [3.05, 3.63) is 22.9 Å². The summed E-state index contributed by atoms with van der Waals surface area (Å²) >= 11 is 0. The summed E-state index contributed by atoms with van der Waals surface area (Å²) in [6.07, 6.45) is 4.18. The van der Waals surface area contributed by atoms with Crippen molar-refractivity contribution in [2.45, 2.75) is 12.5 Å². The molecule has 5 heteroatoms. The number of aromatic nitrogens is 2. The van der Waals surface area contributed by atoms with Crippen LogP contribution in [0, 0.1) is 0 Å². The van der Waals surface area contributed by atoms with Gasteiger partial charge in [0.25, 0.3) is 0 Å². The fourth-order valence-corrected chi connectivity index (χ4v) is 1.32. The van der Waals surface area contributed by atoms with E-state index >= 15 is 0 Å². The molecule has 0 bridgehead atoms. The topological polar surface area (TPSA) is 67.0 Å². The molecular weight excluding hydrogens is 170 g/mol. The Bertz CT molecular complexity index is 310. The molecule has 0 spiro atoms. The first kappa shape index (κ1) is 8.25. The molecule has 0 amide bonds. The lowest BCUT2D eigenvalue weighted by Gasteiger charge is -2.10. The average molecular weight is 181 g/mol. The highest BCUT2D eigenvalue weighted by Crippen LogP contribution is 2.10. The maximum absolute atomic E-state index is 10.6. The van der Waals surface area contributed by atoms with E-state index in [-0.39, 0.29) is 11.8 Å². The van der Waals surface area contributed by atoms with E-state index in [2.05, 4.69) is 15.3 Å². The maximum Gasteiger partial charge on any atom is 0.345 e. The summed E-state index contributed by atoms with van der Waals surface area (Å²) in [6.45, 7) is 1.85. The highest BCUT2D eigenvalue weighted by Gasteiger charge is 2.15. The Labute approximate surface area is 75.1 Å². The summed E-state index contributed by atoms with van der Waals surface area (Å²) in [7, 11) is 0. The third-order valence-electron chi connectivity index (χ3n) is 1.96. The predicted octanol–water partition coefficient (Wildman–Crippen LogP) is -0.489. The second kappa shape index (κ2) is 3.57. The number of hydrogen-bond donors (Lipinski definition) is 2. The summed E-state index contributed by atoms with van der Waals surface area (Å²) in [5, 5.41) is 3.19. The minimum atomic E-state index is -0.350. The lowest BCUT2D eigenvalue weighted by atomic mass is 10.3. The van der Waals surface area contributed by atoms with Crippen molar-refractivity contribution in [3.8, 4) is 5.75 Å². The molecule has 1 unspecified atom stereocenters. The van der Waals surface area contributed by atoms with Crippen LogP contribution in [0.25, 0.3) is 0 Å². The molecule has 1 aromatic rings. The van der Waals surface area contributed by atoms with Crippen LogP contribution in [0.15, 0.2) is 17.2 Å². The van der Waals surface area contributed by atoms with Gasteiger partial charge in [0, 0.05) is 12.7 Å². The lowest BCUT2D eigenvalue weighted by molar-refractivity contribution is 0.221. The van der Waals surface area contributed by atoms with E-state index in [0.717, 1.165) is 19.5 Å². The van der Waals surface area contributed by atoms with Gasteiger partial charge in [-0.05, 0) is 13.0 Å². The Morgan fingerprint density at radius 1 is 1.62 bits per heavy atom. The molecule has 0 saturated carbocycles. The first-order valence-electron chi connectivity index (χ1n) is 4.27. The van der Waals surface area contributed by atoms with Crippen LogP contribution in [0.1, 0.15) is 6.42 Å². The van der Waals surface area contributed by atoms with Crippen LogP contribution in [0.3, 0.4) is 0 Å². The van der Waals surface area contributed by atoms with Crippen molar-refractivity contribution in [1.82, 2.24) is 15.3 Å². The minimum absolute atomic E-state index is 0.202. The lowest BCUT2D eigenvalue weighted by Crippen LogP contribution is -2.20. The Kier molecular flexibility index (Phi) is 2.27. The van der Waals surface area contributed by atoms with E-state index in [1.165, 1.54) is 12.4 Å². The molecule has 1 aliphatic rings. The van der Waals surface area contributed by atoms with Gasteiger partial charge in [0.15, 0.2) is 5.75 Å². The van der Waals surface area contributed by atoms with E-state index < -0.39 is 0 Å². The van der Waals surface area contributed by atoms with E-state index in [0.29, 0.717) is 5.75 Å². The first-order chi connectivity index (χ1) is 6.34. The molecule has 1 fully saturated rings. The predicted molar refractivity (Wildman–Crippen MR) is 46.8 cm³/mol. The Morgan fingerprint density at radius 2 is 2.54 bits per heavy atom. The van der Waals surface area contributed by atoms with Crippen molar-refractivity contribution in [2.24, 2.45) is 0 Å². The molecule has 2 rings (SSSR count). The van der Waals surface area contributed by atoms with Crippen LogP contribution in [0.4, 0.5) is 0 Å². The molecule has 2 heterocycles. The molecule has 70 valence electrons. The third-order valence-corrected chi connectivity index (χ3v) is 1.96. The third kappa shape index (κ3) is 2.06. The normalized spacial score (nSPS) is 21.7. The molecule has 1 aromatic heterocycles. The molecule has 1 saturated heterocycles. The maximum atomic E-state index is 10.6. The van der Waals surface area contributed by atoms with Gasteiger partial charge in [0.2, 0.25) is 0 Å². The highest BCUT2D eigenvalue weighted by atomic mass is 16.5. The van der Waals surface area contributed by atoms with Crippen LogP contribution < -0.4 is 15.7 Å². The van der Waals surface area contributed by atoms with Crippen molar-refractivity contribution >= 4 is 0 Å². The monoisotopic (exact) mass is 181 g/mol. The zero-order valence-corrected chi connectivity index (χ0v) is 7.12. The summed E-state index contributed by atoms with van der Waals surface area (Å²) in [5.74, 6) is 0.619. The number of rotatable bonds is 2. The fourth-order valence-electron chi connectivity index (χ4n) is 1.32. The quantitative estimate of drug-likeness (QED) is 0.646. The van der Waals surface area contributed by atoms with Gasteiger partial charge in [-0.2, -0.15) is 4.98 Å². The number of aromatic amines is 1. The zero-order chi connectivity index (χ0) is 9.10. The van der Waals surface area contributed by atoms with Crippen molar-refractivity contribution in [1.29, 1.82) is 0 Å². The fraction of sp³-hybridized carbons (Fsp3) is 0.500. The molecule has 5 nitrogen and oxygen atoms in total. The van der Waals surface area contributed by atoms with Gasteiger partial charge >= 0.3 is 5.69 Å². The summed E-state index contributed by atoms with van der Waals surface area (Å²) in [4.78, 5) is 16.7. The summed E-state index contributed by atoms with van der Waals surface area (Å²) in [6, 6.07) is 0. The molecule has 0 aliphatic carbocycles. The molecule has 1 aliphatic heterocycles. The van der Waals surface area contributed by atoms with Gasteiger partial charge in [-0.25, -0.2) is 4.79 Å². The van der Waals surface area contributed by atoms with E-state index in [1.807, 2.05) is 0 Å². The van der Waals surface area contributed by atoms with E-state index in [9.17, 15) is 4.79 Å². The number of nitrogens with zero attached hydrogens (tertiary/aromatic N) is 1. The summed E-state index contributed by atoms with van der Waals surface area (Å²) < 4.78 is 5.54. The molecule has 2 N–H and O–H groups in total. The van der Waals surface area contributed by atoms with Crippen molar-refractivity contribution in [3.63, 3.8) is 0 Å². The highest BCUT2D eigenvalue weighted by molar-refractivity contribution is 5.10. The average Bonchev–Trinajstić information content (AvgIpc) is 2.62. The van der Waals surface area contributed by atoms with Crippen LogP contribution >= 0.6 is 0 Å². The van der Waals surface area contributed by atoms with Gasteiger partial charge < -0.3 is 15.0 Å². The summed E-state index contributed by atoms with van der Waals surface area (Å²) in [5.41, 5.74) is -0.350. The van der Waals surface area contributed by atoms with E-state index in [1.54, 1.807) is 0 Å².